The van der Waals surface area contributed by atoms with Crippen LogP contribution in [0.1, 0.15) is 18.9 Å². The van der Waals surface area contributed by atoms with Gasteiger partial charge in [-0.2, -0.15) is 0 Å². The van der Waals surface area contributed by atoms with E-state index in [2.05, 4.69) is 29.5 Å². The maximum atomic E-state index is 5.87. The first-order chi connectivity index (χ1) is 8.65. The standard InChI is InChI=1S/C14H17ClN2S/c1-10(2)7-16-8-14-17-13(9-18-14)11-3-5-12(15)6-4-11/h3-6,9-10,16H,7-8H2,1-2H3. The van der Waals surface area contributed by atoms with Crippen molar-refractivity contribution in [3.05, 3.63) is 39.7 Å². The molecule has 1 heterocycles. The first kappa shape index (κ1) is 13.5. The highest BCUT2D eigenvalue weighted by Gasteiger charge is 2.04. The molecule has 0 aliphatic heterocycles. The second-order valence-corrected chi connectivity index (χ2v) is 6.04. The van der Waals surface area contributed by atoms with Crippen LogP contribution in [-0.4, -0.2) is 11.5 Å². The lowest BCUT2D eigenvalue weighted by Crippen LogP contribution is -2.18. The summed E-state index contributed by atoms with van der Waals surface area (Å²) in [6.07, 6.45) is 0. The first-order valence-electron chi connectivity index (χ1n) is 6.06. The van der Waals surface area contributed by atoms with E-state index < -0.39 is 0 Å². The van der Waals surface area contributed by atoms with Gasteiger partial charge in [0.2, 0.25) is 0 Å². The zero-order valence-electron chi connectivity index (χ0n) is 10.6. The largest absolute Gasteiger partial charge is 0.310 e. The van der Waals surface area contributed by atoms with Gasteiger partial charge in [-0.25, -0.2) is 4.98 Å². The summed E-state index contributed by atoms with van der Waals surface area (Å²) < 4.78 is 0. The molecule has 1 aromatic heterocycles. The third kappa shape index (κ3) is 3.80. The number of nitrogens with zero attached hydrogens (tertiary/aromatic N) is 1. The highest BCUT2D eigenvalue weighted by atomic mass is 35.5. The summed E-state index contributed by atoms with van der Waals surface area (Å²) in [4.78, 5) is 4.62. The molecule has 96 valence electrons. The predicted octanol–water partition coefficient (Wildman–Crippen LogP) is 4.21. The van der Waals surface area contributed by atoms with Gasteiger partial charge in [0.05, 0.1) is 5.69 Å². The van der Waals surface area contributed by atoms with Crippen LogP contribution < -0.4 is 5.32 Å². The average molecular weight is 281 g/mol. The lowest BCUT2D eigenvalue weighted by Gasteiger charge is -2.04. The molecule has 0 fully saturated rings. The fraction of sp³-hybridized carbons (Fsp3) is 0.357. The number of aromatic nitrogens is 1. The molecule has 0 unspecified atom stereocenters. The van der Waals surface area contributed by atoms with Crippen molar-refractivity contribution in [3.63, 3.8) is 0 Å². The Hall–Kier alpha value is -0.900. The van der Waals surface area contributed by atoms with Crippen molar-refractivity contribution in [2.24, 2.45) is 5.92 Å². The van der Waals surface area contributed by atoms with E-state index in [0.717, 1.165) is 34.4 Å². The van der Waals surface area contributed by atoms with Crippen LogP contribution in [0.25, 0.3) is 11.3 Å². The van der Waals surface area contributed by atoms with Gasteiger partial charge in [0.1, 0.15) is 5.01 Å². The number of rotatable bonds is 5. The summed E-state index contributed by atoms with van der Waals surface area (Å²) in [5, 5.41) is 7.38. The molecule has 0 amide bonds. The molecule has 1 aromatic carbocycles. The lowest BCUT2D eigenvalue weighted by atomic mass is 10.2. The van der Waals surface area contributed by atoms with Gasteiger partial charge < -0.3 is 5.32 Å². The molecule has 0 aliphatic carbocycles. The molecule has 0 spiro atoms. The summed E-state index contributed by atoms with van der Waals surface area (Å²) in [5.74, 6) is 0.667. The van der Waals surface area contributed by atoms with Crippen molar-refractivity contribution in [2.75, 3.05) is 6.54 Å². The van der Waals surface area contributed by atoms with E-state index in [9.17, 15) is 0 Å². The van der Waals surface area contributed by atoms with Gasteiger partial charge >= 0.3 is 0 Å². The van der Waals surface area contributed by atoms with Crippen LogP contribution in [0.5, 0.6) is 0 Å². The monoisotopic (exact) mass is 280 g/mol. The van der Waals surface area contributed by atoms with Crippen molar-refractivity contribution in [3.8, 4) is 11.3 Å². The van der Waals surface area contributed by atoms with Crippen molar-refractivity contribution in [1.29, 1.82) is 0 Å². The normalized spacial score (nSPS) is 11.1. The van der Waals surface area contributed by atoms with Crippen molar-refractivity contribution in [1.82, 2.24) is 10.3 Å². The highest BCUT2D eigenvalue weighted by Crippen LogP contribution is 2.23. The smallest absolute Gasteiger partial charge is 0.107 e. The van der Waals surface area contributed by atoms with Crippen LogP contribution >= 0.6 is 22.9 Å². The Kier molecular flexibility index (Phi) is 4.75. The lowest BCUT2D eigenvalue weighted by molar-refractivity contribution is 0.551. The molecule has 4 heteroatoms. The first-order valence-corrected chi connectivity index (χ1v) is 7.32. The Bertz CT molecular complexity index is 491. The molecule has 2 nitrogen and oxygen atoms in total. The number of hydrogen-bond donors (Lipinski definition) is 1. The van der Waals surface area contributed by atoms with Crippen LogP contribution in [0.3, 0.4) is 0 Å². The maximum absolute atomic E-state index is 5.87. The Morgan fingerprint density at radius 2 is 2.00 bits per heavy atom. The minimum Gasteiger partial charge on any atom is -0.310 e. The van der Waals surface area contributed by atoms with E-state index in [0.29, 0.717) is 5.92 Å². The Morgan fingerprint density at radius 1 is 1.28 bits per heavy atom. The van der Waals surface area contributed by atoms with Gasteiger partial charge in [0.25, 0.3) is 0 Å². The van der Waals surface area contributed by atoms with Gasteiger partial charge in [-0.05, 0) is 24.6 Å². The third-order valence-electron chi connectivity index (χ3n) is 2.52. The molecule has 0 atom stereocenters. The topological polar surface area (TPSA) is 24.9 Å². The van der Waals surface area contributed by atoms with Crippen molar-refractivity contribution in [2.45, 2.75) is 20.4 Å². The summed E-state index contributed by atoms with van der Waals surface area (Å²) in [6.45, 7) is 6.27. The van der Waals surface area contributed by atoms with Crippen LogP contribution in [0.2, 0.25) is 5.02 Å². The number of thiazole rings is 1. The number of nitrogens with one attached hydrogen (secondary N) is 1. The molecular weight excluding hydrogens is 264 g/mol. The highest BCUT2D eigenvalue weighted by molar-refractivity contribution is 7.09. The van der Waals surface area contributed by atoms with E-state index in [1.807, 2.05) is 24.3 Å². The fourth-order valence-corrected chi connectivity index (χ4v) is 2.51. The second kappa shape index (κ2) is 6.32. The minimum absolute atomic E-state index is 0.667. The summed E-state index contributed by atoms with van der Waals surface area (Å²) >= 11 is 7.57. The quantitative estimate of drug-likeness (QED) is 0.887. The Morgan fingerprint density at radius 3 is 2.67 bits per heavy atom. The van der Waals surface area contributed by atoms with Gasteiger partial charge in [-0.3, -0.25) is 0 Å². The van der Waals surface area contributed by atoms with Crippen LogP contribution in [0.15, 0.2) is 29.6 Å². The molecular formula is C14H17ClN2S. The van der Waals surface area contributed by atoms with Gasteiger partial charge in [-0.15, -0.1) is 11.3 Å². The molecule has 0 radical (unpaired) electrons. The van der Waals surface area contributed by atoms with Crippen LogP contribution in [0, 0.1) is 5.92 Å². The number of benzene rings is 1. The van der Waals surface area contributed by atoms with Crippen molar-refractivity contribution >= 4 is 22.9 Å². The molecule has 0 saturated heterocycles. The minimum atomic E-state index is 0.667. The Labute approximate surface area is 117 Å². The van der Waals surface area contributed by atoms with Crippen LogP contribution in [-0.2, 0) is 6.54 Å². The molecule has 2 rings (SSSR count). The third-order valence-corrected chi connectivity index (χ3v) is 3.62. The van der Waals surface area contributed by atoms with E-state index in [4.69, 9.17) is 11.6 Å². The number of halogens is 1. The van der Waals surface area contributed by atoms with E-state index in [1.54, 1.807) is 11.3 Å². The van der Waals surface area contributed by atoms with Gasteiger partial charge in [0, 0.05) is 22.5 Å². The molecule has 2 aromatic rings. The van der Waals surface area contributed by atoms with Gasteiger partial charge in [-0.1, -0.05) is 37.6 Å². The fourth-order valence-electron chi connectivity index (χ4n) is 1.61. The second-order valence-electron chi connectivity index (χ2n) is 4.66. The summed E-state index contributed by atoms with van der Waals surface area (Å²) in [7, 11) is 0. The van der Waals surface area contributed by atoms with E-state index in [1.165, 1.54) is 0 Å². The van der Waals surface area contributed by atoms with Crippen molar-refractivity contribution < 1.29 is 0 Å². The van der Waals surface area contributed by atoms with Gasteiger partial charge in [0.15, 0.2) is 0 Å². The Balaban J connectivity index is 1.99. The van der Waals surface area contributed by atoms with E-state index in [-0.39, 0.29) is 0 Å². The number of hydrogen-bond acceptors (Lipinski definition) is 3. The summed E-state index contributed by atoms with van der Waals surface area (Å²) in [6, 6.07) is 7.80. The maximum Gasteiger partial charge on any atom is 0.107 e. The summed E-state index contributed by atoms with van der Waals surface area (Å²) in [5.41, 5.74) is 2.14. The van der Waals surface area contributed by atoms with E-state index >= 15 is 0 Å². The molecule has 0 bridgehead atoms. The SMILES string of the molecule is CC(C)CNCc1nc(-c2ccc(Cl)cc2)cs1. The molecule has 1 N–H and O–H groups in total. The van der Waals surface area contributed by atoms with Crippen LogP contribution in [0.4, 0.5) is 0 Å². The molecule has 0 saturated carbocycles. The molecule has 18 heavy (non-hydrogen) atoms. The molecule has 0 aliphatic rings. The zero-order chi connectivity index (χ0) is 13.0. The predicted molar refractivity (Wildman–Crippen MR) is 79.1 cm³/mol. The zero-order valence-corrected chi connectivity index (χ0v) is 12.2. The average Bonchev–Trinajstić information content (AvgIpc) is 2.78.